The third kappa shape index (κ3) is 4.62. The van der Waals surface area contributed by atoms with Crippen molar-refractivity contribution in [1.29, 1.82) is 0 Å². The number of hydrogen-bond donors (Lipinski definition) is 2. The summed E-state index contributed by atoms with van der Waals surface area (Å²) in [6.07, 6.45) is -2.63. The van der Waals surface area contributed by atoms with E-state index in [0.717, 1.165) is 24.4 Å². The van der Waals surface area contributed by atoms with Gasteiger partial charge in [-0.25, -0.2) is 14.3 Å². The molecule has 2 N–H and O–H groups in total. The van der Waals surface area contributed by atoms with Crippen LogP contribution in [0.25, 0.3) is 16.9 Å². The van der Waals surface area contributed by atoms with Crippen LogP contribution >= 0.6 is 0 Å². The summed E-state index contributed by atoms with van der Waals surface area (Å²) in [6.45, 7) is 1.32. The van der Waals surface area contributed by atoms with Crippen LogP contribution in [0, 0.1) is 0 Å². The average Bonchev–Trinajstić information content (AvgIpc) is 3.21. The Kier molecular flexibility index (Phi) is 5.44. The highest BCUT2D eigenvalue weighted by molar-refractivity contribution is 5.89. The second-order valence-corrected chi connectivity index (χ2v) is 6.70. The van der Waals surface area contributed by atoms with Crippen molar-refractivity contribution in [1.82, 2.24) is 19.9 Å². The summed E-state index contributed by atoms with van der Waals surface area (Å²) in [5, 5.41) is 8.65. The topological polar surface area (TPSA) is 83.8 Å². The lowest BCUT2D eigenvalue weighted by molar-refractivity contribution is -0.122. The molecule has 0 atom stereocenters. The van der Waals surface area contributed by atoms with E-state index in [9.17, 15) is 18.0 Å². The molecule has 1 fully saturated rings. The Bertz CT molecular complexity index is 1030. The number of amides is 2. The number of ether oxygens (including phenoxy) is 1. The van der Waals surface area contributed by atoms with E-state index in [1.165, 1.54) is 0 Å². The van der Waals surface area contributed by atoms with E-state index in [-0.39, 0.29) is 0 Å². The zero-order valence-corrected chi connectivity index (χ0v) is 15.8. The SMILES string of the molecule is O=C(NCC(F)(F)F)Nc1ccc(-c2nc(N3CCOCC3)c3cccn3n2)cc1. The quantitative estimate of drug-likeness (QED) is 0.678. The van der Waals surface area contributed by atoms with Gasteiger partial charge in [-0.05, 0) is 36.4 Å². The minimum Gasteiger partial charge on any atom is -0.378 e. The van der Waals surface area contributed by atoms with Crippen LogP contribution < -0.4 is 15.5 Å². The van der Waals surface area contributed by atoms with Gasteiger partial charge in [-0.15, -0.1) is 5.10 Å². The summed E-state index contributed by atoms with van der Waals surface area (Å²) in [5.41, 5.74) is 1.95. The molecule has 2 amide bonds. The van der Waals surface area contributed by atoms with Gasteiger partial charge >= 0.3 is 12.2 Å². The Labute approximate surface area is 169 Å². The fraction of sp³-hybridized carbons (Fsp3) is 0.316. The Hall–Kier alpha value is -3.34. The van der Waals surface area contributed by atoms with Crippen molar-refractivity contribution in [3.63, 3.8) is 0 Å². The number of anilines is 2. The van der Waals surface area contributed by atoms with Gasteiger partial charge in [-0.3, -0.25) is 0 Å². The van der Waals surface area contributed by atoms with Gasteiger partial charge in [0.1, 0.15) is 12.1 Å². The van der Waals surface area contributed by atoms with Crippen molar-refractivity contribution < 1.29 is 22.7 Å². The fourth-order valence-corrected chi connectivity index (χ4v) is 3.11. The van der Waals surface area contributed by atoms with Gasteiger partial charge in [0, 0.05) is 30.5 Å². The monoisotopic (exact) mass is 420 g/mol. The Morgan fingerprint density at radius 1 is 1.13 bits per heavy atom. The van der Waals surface area contributed by atoms with Crippen LogP contribution in [-0.4, -0.2) is 59.7 Å². The predicted octanol–water partition coefficient (Wildman–Crippen LogP) is 2.92. The smallest absolute Gasteiger partial charge is 0.378 e. The van der Waals surface area contributed by atoms with E-state index in [2.05, 4.69) is 15.3 Å². The number of halogens is 3. The average molecular weight is 420 g/mol. The highest BCUT2D eigenvalue weighted by Gasteiger charge is 2.27. The number of nitrogens with one attached hydrogen (secondary N) is 2. The summed E-state index contributed by atoms with van der Waals surface area (Å²) >= 11 is 0. The molecule has 158 valence electrons. The maximum atomic E-state index is 12.2. The molecule has 0 aliphatic carbocycles. The first kappa shape index (κ1) is 20.0. The number of rotatable bonds is 4. The molecule has 0 unspecified atom stereocenters. The number of nitrogens with zero attached hydrogens (tertiary/aromatic N) is 4. The normalized spacial score (nSPS) is 14.7. The molecule has 3 heterocycles. The molecule has 1 aliphatic rings. The van der Waals surface area contributed by atoms with Gasteiger partial charge in [-0.1, -0.05) is 0 Å². The molecule has 0 radical (unpaired) electrons. The summed E-state index contributed by atoms with van der Waals surface area (Å²) < 4.78 is 43.7. The highest BCUT2D eigenvalue weighted by Crippen LogP contribution is 2.25. The molecule has 0 saturated carbocycles. The fourth-order valence-electron chi connectivity index (χ4n) is 3.11. The number of fused-ring (bicyclic) bond motifs is 1. The second kappa shape index (κ2) is 8.19. The molecule has 8 nitrogen and oxygen atoms in total. The molecule has 2 aromatic heterocycles. The van der Waals surface area contributed by atoms with Gasteiger partial charge in [0.05, 0.1) is 13.2 Å². The van der Waals surface area contributed by atoms with E-state index >= 15 is 0 Å². The molecule has 3 aromatic rings. The van der Waals surface area contributed by atoms with E-state index in [0.29, 0.717) is 30.3 Å². The van der Waals surface area contributed by atoms with Crippen LogP contribution in [0.4, 0.5) is 29.5 Å². The lowest BCUT2D eigenvalue weighted by Gasteiger charge is -2.28. The third-order valence-electron chi connectivity index (χ3n) is 4.53. The molecule has 1 saturated heterocycles. The molecular formula is C19H19F3N6O2. The van der Waals surface area contributed by atoms with Gasteiger partial charge in [0.25, 0.3) is 0 Å². The summed E-state index contributed by atoms with van der Waals surface area (Å²) in [7, 11) is 0. The zero-order chi connectivity index (χ0) is 21.1. The number of urea groups is 1. The van der Waals surface area contributed by atoms with Gasteiger partial charge in [0.15, 0.2) is 11.6 Å². The number of morpholine rings is 1. The van der Waals surface area contributed by atoms with Crippen LogP contribution in [0.5, 0.6) is 0 Å². The summed E-state index contributed by atoms with van der Waals surface area (Å²) in [5.74, 6) is 1.30. The van der Waals surface area contributed by atoms with E-state index in [1.54, 1.807) is 34.1 Å². The van der Waals surface area contributed by atoms with Gasteiger partial charge in [-0.2, -0.15) is 13.2 Å². The van der Waals surface area contributed by atoms with Crippen LogP contribution in [0.2, 0.25) is 0 Å². The predicted molar refractivity (Wildman–Crippen MR) is 105 cm³/mol. The first-order valence-corrected chi connectivity index (χ1v) is 9.29. The Balaban J connectivity index is 1.53. The first-order valence-electron chi connectivity index (χ1n) is 9.29. The molecule has 0 bridgehead atoms. The molecule has 0 spiro atoms. The molecular weight excluding hydrogens is 401 g/mol. The largest absolute Gasteiger partial charge is 0.405 e. The van der Waals surface area contributed by atoms with E-state index < -0.39 is 18.8 Å². The maximum absolute atomic E-state index is 12.2. The van der Waals surface area contributed by atoms with Crippen molar-refractivity contribution in [2.24, 2.45) is 0 Å². The molecule has 1 aromatic carbocycles. The maximum Gasteiger partial charge on any atom is 0.405 e. The van der Waals surface area contributed by atoms with Crippen molar-refractivity contribution in [3.05, 3.63) is 42.6 Å². The lowest BCUT2D eigenvalue weighted by atomic mass is 10.2. The number of carbonyl (C=O) groups is 1. The second-order valence-electron chi connectivity index (χ2n) is 6.70. The molecule has 1 aliphatic heterocycles. The third-order valence-corrected chi connectivity index (χ3v) is 4.53. The van der Waals surface area contributed by atoms with Crippen molar-refractivity contribution in [3.8, 4) is 11.4 Å². The van der Waals surface area contributed by atoms with Gasteiger partial charge < -0.3 is 20.3 Å². The minimum absolute atomic E-state index is 0.355. The van der Waals surface area contributed by atoms with E-state index in [4.69, 9.17) is 9.72 Å². The first-order chi connectivity index (χ1) is 14.4. The number of benzene rings is 1. The standard InChI is InChI=1S/C19H19F3N6O2/c20-19(21,22)12-23-18(29)24-14-5-3-13(4-6-14)16-25-17(27-8-10-30-11-9-27)15-2-1-7-28(15)26-16/h1-7H,8-12H2,(H2,23,24,29). The molecule has 4 rings (SSSR count). The number of hydrogen-bond acceptors (Lipinski definition) is 5. The highest BCUT2D eigenvalue weighted by atomic mass is 19.4. The van der Waals surface area contributed by atoms with Crippen molar-refractivity contribution >= 4 is 23.1 Å². The van der Waals surface area contributed by atoms with Crippen LogP contribution in [-0.2, 0) is 4.74 Å². The number of alkyl halides is 3. The molecule has 11 heteroatoms. The lowest BCUT2D eigenvalue weighted by Crippen LogP contribution is -2.37. The summed E-state index contributed by atoms with van der Waals surface area (Å²) in [4.78, 5) is 18.5. The van der Waals surface area contributed by atoms with Crippen LogP contribution in [0.3, 0.4) is 0 Å². The van der Waals surface area contributed by atoms with Crippen LogP contribution in [0.15, 0.2) is 42.6 Å². The van der Waals surface area contributed by atoms with Crippen LogP contribution in [0.1, 0.15) is 0 Å². The van der Waals surface area contributed by atoms with E-state index in [1.807, 2.05) is 18.3 Å². The number of aromatic nitrogens is 3. The van der Waals surface area contributed by atoms with Crippen molar-refractivity contribution in [2.45, 2.75) is 6.18 Å². The van der Waals surface area contributed by atoms with Gasteiger partial charge in [0.2, 0.25) is 0 Å². The zero-order valence-electron chi connectivity index (χ0n) is 15.8. The number of carbonyl (C=O) groups excluding carboxylic acids is 1. The molecule has 30 heavy (non-hydrogen) atoms. The Morgan fingerprint density at radius 2 is 1.87 bits per heavy atom. The summed E-state index contributed by atoms with van der Waals surface area (Å²) in [6, 6.07) is 9.48. The van der Waals surface area contributed by atoms with Crippen molar-refractivity contribution in [2.75, 3.05) is 43.1 Å². The Morgan fingerprint density at radius 3 is 2.57 bits per heavy atom. The minimum atomic E-state index is -4.46.